The van der Waals surface area contributed by atoms with Crippen molar-refractivity contribution >= 4 is 11.8 Å². The van der Waals surface area contributed by atoms with Gasteiger partial charge in [-0.2, -0.15) is 0 Å². The van der Waals surface area contributed by atoms with E-state index in [2.05, 4.69) is 4.98 Å². The SMILES string of the molecule is CCOC(=O)c1nc(C)n(CC(=O)c2ccc(-c3ccccc3)cc2)c(=O)c1O. The van der Waals surface area contributed by atoms with E-state index < -0.39 is 23.0 Å². The van der Waals surface area contributed by atoms with Crippen molar-refractivity contribution in [3.63, 3.8) is 0 Å². The highest BCUT2D eigenvalue weighted by Crippen LogP contribution is 2.20. The lowest BCUT2D eigenvalue weighted by Gasteiger charge is -2.11. The number of ketones is 1. The second-order valence-corrected chi connectivity index (χ2v) is 6.33. The van der Waals surface area contributed by atoms with Crippen molar-refractivity contribution in [2.75, 3.05) is 6.61 Å². The fourth-order valence-corrected chi connectivity index (χ4v) is 2.89. The highest BCUT2D eigenvalue weighted by molar-refractivity contribution is 5.96. The van der Waals surface area contributed by atoms with E-state index in [0.29, 0.717) is 5.56 Å². The molecule has 3 rings (SSSR count). The summed E-state index contributed by atoms with van der Waals surface area (Å²) in [4.78, 5) is 40.8. The van der Waals surface area contributed by atoms with Gasteiger partial charge in [0.25, 0.3) is 5.56 Å². The molecule has 7 nitrogen and oxygen atoms in total. The molecule has 7 heteroatoms. The van der Waals surface area contributed by atoms with Crippen LogP contribution in [0.1, 0.15) is 33.6 Å². The summed E-state index contributed by atoms with van der Waals surface area (Å²) in [6, 6.07) is 16.8. The van der Waals surface area contributed by atoms with Crippen LogP contribution in [-0.4, -0.2) is 33.0 Å². The number of benzene rings is 2. The van der Waals surface area contributed by atoms with Gasteiger partial charge in [0.05, 0.1) is 13.2 Å². The Kier molecular flexibility index (Phi) is 5.87. The molecule has 1 aromatic heterocycles. The average molecular weight is 392 g/mol. The van der Waals surface area contributed by atoms with Crippen LogP contribution in [0, 0.1) is 6.92 Å². The minimum absolute atomic E-state index is 0.0829. The number of rotatable bonds is 6. The van der Waals surface area contributed by atoms with E-state index in [4.69, 9.17) is 4.74 Å². The molecule has 29 heavy (non-hydrogen) atoms. The Morgan fingerprint density at radius 1 is 1.03 bits per heavy atom. The van der Waals surface area contributed by atoms with Gasteiger partial charge in [-0.05, 0) is 25.0 Å². The number of aromatic nitrogens is 2. The van der Waals surface area contributed by atoms with E-state index in [0.717, 1.165) is 15.7 Å². The topological polar surface area (TPSA) is 98.5 Å². The molecular formula is C22H20N2O5. The van der Waals surface area contributed by atoms with Gasteiger partial charge in [-0.15, -0.1) is 0 Å². The maximum atomic E-state index is 12.6. The number of Topliss-reactive ketones (excluding diaryl/α,β-unsaturated/α-hetero) is 1. The number of aryl methyl sites for hydroxylation is 1. The normalized spacial score (nSPS) is 10.6. The minimum Gasteiger partial charge on any atom is -0.501 e. The molecule has 0 aliphatic heterocycles. The lowest BCUT2D eigenvalue weighted by Crippen LogP contribution is -2.29. The predicted octanol–water partition coefficient (Wildman–Crippen LogP) is 2.98. The van der Waals surface area contributed by atoms with Gasteiger partial charge in [0.2, 0.25) is 5.75 Å². The first-order chi connectivity index (χ1) is 13.9. The lowest BCUT2D eigenvalue weighted by atomic mass is 10.0. The zero-order chi connectivity index (χ0) is 21.0. The molecule has 0 aliphatic rings. The summed E-state index contributed by atoms with van der Waals surface area (Å²) in [5.74, 6) is -1.91. The zero-order valence-corrected chi connectivity index (χ0v) is 16.1. The Labute approximate surface area is 167 Å². The molecular weight excluding hydrogens is 372 g/mol. The number of hydrogen-bond acceptors (Lipinski definition) is 6. The molecule has 0 aliphatic carbocycles. The minimum atomic E-state index is -0.889. The Morgan fingerprint density at radius 3 is 2.28 bits per heavy atom. The molecule has 0 saturated heterocycles. The number of carbonyl (C=O) groups is 2. The standard InChI is InChI=1S/C22H20N2O5/c1-3-29-22(28)19-20(26)21(27)24(14(2)23-19)13-18(25)17-11-9-16(10-12-17)15-7-5-4-6-8-15/h4-12,26H,3,13H2,1-2H3. The fraction of sp³-hybridized carbons (Fsp3) is 0.182. The van der Waals surface area contributed by atoms with Gasteiger partial charge < -0.3 is 9.84 Å². The number of hydrogen-bond donors (Lipinski definition) is 1. The van der Waals surface area contributed by atoms with Crippen molar-refractivity contribution in [3.8, 4) is 16.9 Å². The first-order valence-corrected chi connectivity index (χ1v) is 9.08. The quantitative estimate of drug-likeness (QED) is 0.511. The van der Waals surface area contributed by atoms with Crippen molar-refractivity contribution in [2.45, 2.75) is 20.4 Å². The molecule has 2 aromatic carbocycles. The van der Waals surface area contributed by atoms with E-state index in [9.17, 15) is 19.5 Å². The summed E-state index contributed by atoms with van der Waals surface area (Å²) in [6.07, 6.45) is 0. The summed E-state index contributed by atoms with van der Waals surface area (Å²) in [6.45, 7) is 2.86. The molecule has 3 aromatic rings. The average Bonchev–Trinajstić information content (AvgIpc) is 2.74. The maximum Gasteiger partial charge on any atom is 0.361 e. The number of ether oxygens (including phenoxy) is 1. The molecule has 0 saturated carbocycles. The second kappa shape index (κ2) is 8.52. The molecule has 0 radical (unpaired) electrons. The summed E-state index contributed by atoms with van der Waals surface area (Å²) in [5.41, 5.74) is 1.10. The Balaban J connectivity index is 1.85. The van der Waals surface area contributed by atoms with Crippen LogP contribution in [0.15, 0.2) is 59.4 Å². The third-order valence-corrected chi connectivity index (χ3v) is 4.42. The molecule has 1 N–H and O–H groups in total. The number of aromatic hydroxyl groups is 1. The number of carbonyl (C=O) groups excluding carboxylic acids is 2. The summed E-state index contributed by atoms with van der Waals surface area (Å²) in [7, 11) is 0. The van der Waals surface area contributed by atoms with Crippen LogP contribution in [-0.2, 0) is 11.3 Å². The van der Waals surface area contributed by atoms with Crippen LogP contribution >= 0.6 is 0 Å². The lowest BCUT2D eigenvalue weighted by molar-refractivity contribution is 0.0514. The largest absolute Gasteiger partial charge is 0.501 e. The number of nitrogens with zero attached hydrogens (tertiary/aromatic N) is 2. The number of esters is 1. The smallest absolute Gasteiger partial charge is 0.361 e. The van der Waals surface area contributed by atoms with Gasteiger partial charge in [0, 0.05) is 5.56 Å². The molecule has 0 amide bonds. The van der Waals surface area contributed by atoms with E-state index in [1.807, 2.05) is 42.5 Å². The van der Waals surface area contributed by atoms with Crippen molar-refractivity contribution < 1.29 is 19.4 Å². The second-order valence-electron chi connectivity index (χ2n) is 6.33. The molecule has 1 heterocycles. The molecule has 0 fully saturated rings. The monoisotopic (exact) mass is 392 g/mol. The van der Waals surface area contributed by atoms with Crippen molar-refractivity contribution in [1.82, 2.24) is 9.55 Å². The molecule has 0 unspecified atom stereocenters. The predicted molar refractivity (Wildman–Crippen MR) is 107 cm³/mol. The van der Waals surface area contributed by atoms with Crippen LogP contribution in [0.25, 0.3) is 11.1 Å². The Hall–Kier alpha value is -3.74. The molecule has 148 valence electrons. The molecule has 0 bridgehead atoms. The van der Waals surface area contributed by atoms with Gasteiger partial charge in [-0.3, -0.25) is 14.2 Å². The first kappa shape index (κ1) is 20.0. The third kappa shape index (κ3) is 4.24. The summed E-state index contributed by atoms with van der Waals surface area (Å²) < 4.78 is 5.81. The van der Waals surface area contributed by atoms with Crippen molar-refractivity contribution in [2.24, 2.45) is 0 Å². The first-order valence-electron chi connectivity index (χ1n) is 9.08. The van der Waals surface area contributed by atoms with Crippen LogP contribution in [0.4, 0.5) is 0 Å². The molecule has 0 spiro atoms. The van der Waals surface area contributed by atoms with E-state index >= 15 is 0 Å². The van der Waals surface area contributed by atoms with Crippen LogP contribution < -0.4 is 5.56 Å². The van der Waals surface area contributed by atoms with Crippen LogP contribution in [0.2, 0.25) is 0 Å². The van der Waals surface area contributed by atoms with Gasteiger partial charge in [-0.25, -0.2) is 9.78 Å². The highest BCUT2D eigenvalue weighted by atomic mass is 16.5. The van der Waals surface area contributed by atoms with E-state index in [1.54, 1.807) is 19.1 Å². The van der Waals surface area contributed by atoms with Gasteiger partial charge in [0.1, 0.15) is 5.82 Å². The zero-order valence-electron chi connectivity index (χ0n) is 16.1. The fourth-order valence-electron chi connectivity index (χ4n) is 2.89. The van der Waals surface area contributed by atoms with Crippen LogP contribution in [0.5, 0.6) is 5.75 Å². The third-order valence-electron chi connectivity index (χ3n) is 4.42. The van der Waals surface area contributed by atoms with Gasteiger partial charge in [0.15, 0.2) is 11.5 Å². The highest BCUT2D eigenvalue weighted by Gasteiger charge is 2.22. The maximum absolute atomic E-state index is 12.6. The van der Waals surface area contributed by atoms with E-state index in [-0.39, 0.29) is 24.8 Å². The Bertz CT molecular complexity index is 1100. The van der Waals surface area contributed by atoms with Gasteiger partial charge >= 0.3 is 5.97 Å². The summed E-state index contributed by atoms with van der Waals surface area (Å²) >= 11 is 0. The molecule has 0 atom stereocenters. The summed E-state index contributed by atoms with van der Waals surface area (Å²) in [5, 5.41) is 10.0. The van der Waals surface area contributed by atoms with Gasteiger partial charge in [-0.1, -0.05) is 54.6 Å². The van der Waals surface area contributed by atoms with Crippen molar-refractivity contribution in [3.05, 3.63) is 82.0 Å². The Morgan fingerprint density at radius 2 is 1.66 bits per heavy atom. The van der Waals surface area contributed by atoms with Crippen LogP contribution in [0.3, 0.4) is 0 Å². The van der Waals surface area contributed by atoms with Crippen molar-refractivity contribution in [1.29, 1.82) is 0 Å². The van der Waals surface area contributed by atoms with E-state index in [1.165, 1.54) is 6.92 Å².